The molecule has 1 aromatic heterocycles. The highest BCUT2D eigenvalue weighted by atomic mass is 32.2. The van der Waals surface area contributed by atoms with E-state index in [9.17, 15) is 41.4 Å². The number of sulfonamides is 1. The number of halogens is 3. The van der Waals surface area contributed by atoms with Crippen LogP contribution < -0.4 is 9.46 Å². The van der Waals surface area contributed by atoms with Crippen molar-refractivity contribution in [3.05, 3.63) is 95.2 Å². The maximum atomic E-state index is 13.1. The van der Waals surface area contributed by atoms with E-state index in [2.05, 4.69) is 16.6 Å². The molecule has 0 spiro atoms. The van der Waals surface area contributed by atoms with Crippen LogP contribution in [0.1, 0.15) is 34.0 Å². The molecule has 13 heteroatoms. The van der Waals surface area contributed by atoms with Crippen molar-refractivity contribution >= 4 is 32.9 Å². The lowest BCUT2D eigenvalue weighted by Crippen LogP contribution is -2.42. The van der Waals surface area contributed by atoms with Crippen molar-refractivity contribution in [3.8, 4) is 17.6 Å². The Kier molecular flexibility index (Phi) is 9.13. The first-order valence-corrected chi connectivity index (χ1v) is 14.2. The first-order chi connectivity index (χ1) is 20.3. The number of hydrogen-bond donors (Lipinski definition) is 3. The molecule has 0 aliphatic rings. The summed E-state index contributed by atoms with van der Waals surface area (Å²) in [5, 5.41) is 19.8. The normalized spacial score (nSPS) is 12.4. The third kappa shape index (κ3) is 7.54. The van der Waals surface area contributed by atoms with Gasteiger partial charge >= 0.3 is 18.1 Å². The highest BCUT2D eigenvalue weighted by molar-refractivity contribution is 7.89. The summed E-state index contributed by atoms with van der Waals surface area (Å²) in [4.78, 5) is 23.6. The van der Waals surface area contributed by atoms with E-state index < -0.39 is 39.7 Å². The number of alkyl halides is 3. The first-order valence-electron chi connectivity index (χ1n) is 12.7. The lowest BCUT2D eigenvalue weighted by Gasteiger charge is -2.15. The van der Waals surface area contributed by atoms with Crippen molar-refractivity contribution in [1.29, 1.82) is 0 Å². The third-order valence-electron chi connectivity index (χ3n) is 6.49. The molecule has 1 atom stereocenters. The minimum Gasteiger partial charge on any atom is -0.481 e. The van der Waals surface area contributed by atoms with Gasteiger partial charge in [0.1, 0.15) is 18.4 Å². The number of aliphatic carboxylic acids is 1. The Bertz CT molecular complexity index is 1820. The van der Waals surface area contributed by atoms with E-state index in [0.717, 1.165) is 12.1 Å². The molecule has 4 rings (SSSR count). The number of hydrogen-bond acceptors (Lipinski definition) is 5. The Morgan fingerprint density at radius 2 is 1.70 bits per heavy atom. The lowest BCUT2D eigenvalue weighted by molar-refractivity contribution is -0.139. The van der Waals surface area contributed by atoms with Gasteiger partial charge in [-0.05, 0) is 72.6 Å². The second kappa shape index (κ2) is 12.6. The molecule has 0 saturated heterocycles. The van der Waals surface area contributed by atoms with Crippen LogP contribution in [0.2, 0.25) is 0 Å². The zero-order valence-electron chi connectivity index (χ0n) is 22.6. The van der Waals surface area contributed by atoms with Crippen LogP contribution >= 0.6 is 0 Å². The van der Waals surface area contributed by atoms with E-state index >= 15 is 0 Å². The predicted octanol–water partition coefficient (Wildman–Crippen LogP) is 4.78. The summed E-state index contributed by atoms with van der Waals surface area (Å²) in [6.07, 6.45) is -3.33. The summed E-state index contributed by atoms with van der Waals surface area (Å²) in [6.45, 7) is 1.84. The summed E-state index contributed by atoms with van der Waals surface area (Å²) >= 11 is 0. The number of rotatable bonds is 11. The standard InChI is InChI=1S/C30H25F3N2O7S/c1-2-3-14-42-23-9-11-24(12-10-23)43(40,41)34-26(29(38)39)16-21-18-35(27-13-6-20(28(36)37)15-25(21)27)17-19-4-7-22(8-5-19)30(31,32)33/h4-13,15,18,26,34H,14,16-17H2,1H3,(H,36,37)(H,38,39). The minimum atomic E-state index is -4.50. The number of carboxylic acid groups (broad SMARTS) is 2. The van der Waals surface area contributed by atoms with Crippen molar-refractivity contribution in [2.75, 3.05) is 6.61 Å². The smallest absolute Gasteiger partial charge is 0.416 e. The number of nitrogens with one attached hydrogen (secondary N) is 1. The van der Waals surface area contributed by atoms with Gasteiger partial charge in [0, 0.05) is 30.1 Å². The summed E-state index contributed by atoms with van der Waals surface area (Å²) < 4.78 is 74.3. The van der Waals surface area contributed by atoms with Crippen molar-refractivity contribution in [2.45, 2.75) is 37.0 Å². The molecule has 0 aliphatic heterocycles. The Labute approximate surface area is 244 Å². The molecule has 1 unspecified atom stereocenters. The zero-order chi connectivity index (χ0) is 31.4. The monoisotopic (exact) mass is 614 g/mol. The number of carbonyl (C=O) groups is 2. The molecular formula is C30H25F3N2O7S. The molecule has 0 radical (unpaired) electrons. The zero-order valence-corrected chi connectivity index (χ0v) is 23.4. The molecule has 224 valence electrons. The van der Waals surface area contributed by atoms with E-state index in [4.69, 9.17) is 4.74 Å². The maximum absolute atomic E-state index is 13.1. The molecule has 3 N–H and O–H groups in total. The fourth-order valence-corrected chi connectivity index (χ4v) is 5.54. The van der Waals surface area contributed by atoms with Crippen LogP contribution in [0.3, 0.4) is 0 Å². The topological polar surface area (TPSA) is 135 Å². The van der Waals surface area contributed by atoms with Crippen LogP contribution in [0.15, 0.2) is 77.8 Å². The van der Waals surface area contributed by atoms with Gasteiger partial charge in [0.15, 0.2) is 0 Å². The van der Waals surface area contributed by atoms with E-state index in [1.807, 2.05) is 0 Å². The lowest BCUT2D eigenvalue weighted by atomic mass is 10.0. The summed E-state index contributed by atoms with van der Waals surface area (Å²) in [6, 6.07) is 12.4. The van der Waals surface area contributed by atoms with Gasteiger partial charge in [-0.1, -0.05) is 18.1 Å². The van der Waals surface area contributed by atoms with Crippen molar-refractivity contribution in [3.63, 3.8) is 0 Å². The first kappa shape index (κ1) is 31.1. The van der Waals surface area contributed by atoms with Crippen LogP contribution in [0.4, 0.5) is 13.2 Å². The van der Waals surface area contributed by atoms with Crippen LogP contribution in [0.25, 0.3) is 10.9 Å². The van der Waals surface area contributed by atoms with Crippen LogP contribution in [-0.4, -0.2) is 47.8 Å². The van der Waals surface area contributed by atoms with E-state index in [-0.39, 0.29) is 30.0 Å². The highest BCUT2D eigenvalue weighted by Gasteiger charge is 2.30. The van der Waals surface area contributed by atoms with Crippen molar-refractivity contribution in [2.24, 2.45) is 0 Å². The molecular weight excluding hydrogens is 589 g/mol. The van der Waals surface area contributed by atoms with Gasteiger partial charge in [0.25, 0.3) is 0 Å². The van der Waals surface area contributed by atoms with Crippen LogP contribution in [0, 0.1) is 11.8 Å². The van der Waals surface area contributed by atoms with Gasteiger partial charge in [-0.15, -0.1) is 5.92 Å². The van der Waals surface area contributed by atoms with Gasteiger partial charge < -0.3 is 19.5 Å². The van der Waals surface area contributed by atoms with Gasteiger partial charge in [-0.25, -0.2) is 13.2 Å². The van der Waals surface area contributed by atoms with E-state index in [1.54, 1.807) is 11.5 Å². The van der Waals surface area contributed by atoms with Crippen molar-refractivity contribution < 1.29 is 46.1 Å². The van der Waals surface area contributed by atoms with Gasteiger partial charge in [-0.2, -0.15) is 17.9 Å². The molecule has 0 bridgehead atoms. The fourth-order valence-electron chi connectivity index (χ4n) is 4.35. The molecule has 3 aromatic carbocycles. The maximum Gasteiger partial charge on any atom is 0.416 e. The number of benzene rings is 3. The number of ether oxygens (including phenoxy) is 1. The average Bonchev–Trinajstić information content (AvgIpc) is 3.28. The molecule has 9 nitrogen and oxygen atoms in total. The second-order valence-corrected chi connectivity index (χ2v) is 11.1. The Hall–Kier alpha value is -4.80. The quantitative estimate of drug-likeness (QED) is 0.207. The number of fused-ring (bicyclic) bond motifs is 1. The summed E-state index contributed by atoms with van der Waals surface area (Å²) in [5.74, 6) is 3.03. The summed E-state index contributed by atoms with van der Waals surface area (Å²) in [7, 11) is -4.31. The largest absolute Gasteiger partial charge is 0.481 e. The molecule has 43 heavy (non-hydrogen) atoms. The average molecular weight is 615 g/mol. The third-order valence-corrected chi connectivity index (χ3v) is 7.97. The fraction of sp³-hybridized carbons (Fsp3) is 0.200. The minimum absolute atomic E-state index is 0.0827. The SMILES string of the molecule is CC#CCOc1ccc(S(=O)(=O)NC(Cc2cn(Cc3ccc(C(F)(F)F)cc3)c3ccc(C(=O)O)cc23)C(=O)O)cc1. The number of nitrogens with zero attached hydrogens (tertiary/aromatic N) is 1. The van der Waals surface area contributed by atoms with Crippen LogP contribution in [0.5, 0.6) is 5.75 Å². The van der Waals surface area contributed by atoms with E-state index in [0.29, 0.717) is 27.8 Å². The van der Waals surface area contributed by atoms with Gasteiger partial charge in [-0.3, -0.25) is 4.79 Å². The predicted molar refractivity (Wildman–Crippen MR) is 150 cm³/mol. The summed E-state index contributed by atoms with van der Waals surface area (Å²) in [5.41, 5.74) is 0.408. The van der Waals surface area contributed by atoms with Gasteiger partial charge in [0.05, 0.1) is 16.0 Å². The molecule has 1 heterocycles. The molecule has 0 amide bonds. The Morgan fingerprint density at radius 1 is 1.02 bits per heavy atom. The Balaban J connectivity index is 1.64. The van der Waals surface area contributed by atoms with Crippen molar-refractivity contribution in [1.82, 2.24) is 9.29 Å². The van der Waals surface area contributed by atoms with Gasteiger partial charge in [0.2, 0.25) is 10.0 Å². The highest BCUT2D eigenvalue weighted by Crippen LogP contribution is 2.30. The molecule has 4 aromatic rings. The molecule has 0 aliphatic carbocycles. The second-order valence-electron chi connectivity index (χ2n) is 9.42. The number of carboxylic acids is 2. The van der Waals surface area contributed by atoms with E-state index in [1.165, 1.54) is 60.8 Å². The Morgan fingerprint density at radius 3 is 2.28 bits per heavy atom. The molecule has 0 saturated carbocycles. The number of aromatic carboxylic acids is 1. The number of aromatic nitrogens is 1. The molecule has 0 fully saturated rings. The van der Waals surface area contributed by atoms with Crippen LogP contribution in [-0.2, 0) is 34.0 Å².